The number of fused-ring (bicyclic) bond motifs is 1. The van der Waals surface area contributed by atoms with Crippen molar-refractivity contribution in [1.29, 1.82) is 0 Å². The SMILES string of the molecule is CC(=O)N1CC(C)(C)C2CC(N)=CC=C21. The highest BCUT2D eigenvalue weighted by molar-refractivity contribution is 5.76. The molecule has 1 heterocycles. The van der Waals surface area contributed by atoms with Crippen LogP contribution in [0.1, 0.15) is 27.2 Å². The summed E-state index contributed by atoms with van der Waals surface area (Å²) in [5.41, 5.74) is 8.04. The second kappa shape index (κ2) is 3.12. The van der Waals surface area contributed by atoms with Gasteiger partial charge in [-0.2, -0.15) is 0 Å². The van der Waals surface area contributed by atoms with Crippen molar-refractivity contribution in [3.8, 4) is 0 Å². The molecule has 15 heavy (non-hydrogen) atoms. The summed E-state index contributed by atoms with van der Waals surface area (Å²) in [7, 11) is 0. The number of amides is 1. The topological polar surface area (TPSA) is 46.3 Å². The van der Waals surface area contributed by atoms with Gasteiger partial charge in [0.05, 0.1) is 0 Å². The number of likely N-dealkylation sites (tertiary alicyclic amines) is 1. The lowest BCUT2D eigenvalue weighted by atomic mass is 9.76. The van der Waals surface area contributed by atoms with Crippen LogP contribution in [0.4, 0.5) is 0 Å². The van der Waals surface area contributed by atoms with Crippen molar-refractivity contribution in [2.45, 2.75) is 27.2 Å². The zero-order valence-corrected chi connectivity index (χ0v) is 9.58. The van der Waals surface area contributed by atoms with E-state index in [9.17, 15) is 4.79 Å². The fraction of sp³-hybridized carbons (Fsp3) is 0.583. The van der Waals surface area contributed by atoms with Crippen LogP contribution in [-0.2, 0) is 4.79 Å². The molecular formula is C12H18N2O. The molecular weight excluding hydrogens is 188 g/mol. The molecule has 2 N–H and O–H groups in total. The molecule has 0 aromatic carbocycles. The first-order valence-electron chi connectivity index (χ1n) is 5.36. The van der Waals surface area contributed by atoms with Gasteiger partial charge in [0.2, 0.25) is 5.91 Å². The molecule has 0 aromatic rings. The molecule has 3 heteroatoms. The molecule has 0 saturated carbocycles. The first-order chi connectivity index (χ1) is 6.92. The monoisotopic (exact) mass is 206 g/mol. The van der Waals surface area contributed by atoms with Gasteiger partial charge in [-0.25, -0.2) is 0 Å². The second-order valence-corrected chi connectivity index (χ2v) is 5.18. The van der Waals surface area contributed by atoms with Crippen LogP contribution in [0, 0.1) is 11.3 Å². The fourth-order valence-corrected chi connectivity index (χ4v) is 2.57. The average molecular weight is 206 g/mol. The van der Waals surface area contributed by atoms with E-state index in [4.69, 9.17) is 5.73 Å². The molecule has 2 rings (SSSR count). The summed E-state index contributed by atoms with van der Waals surface area (Å²) in [5.74, 6) is 0.525. The predicted molar refractivity (Wildman–Crippen MR) is 59.6 cm³/mol. The number of rotatable bonds is 0. The summed E-state index contributed by atoms with van der Waals surface area (Å²) < 4.78 is 0. The van der Waals surface area contributed by atoms with Crippen molar-refractivity contribution in [3.63, 3.8) is 0 Å². The maximum atomic E-state index is 11.5. The Morgan fingerprint density at radius 2 is 2.20 bits per heavy atom. The number of nitrogens with two attached hydrogens (primary N) is 1. The zero-order valence-electron chi connectivity index (χ0n) is 9.58. The van der Waals surface area contributed by atoms with Crippen LogP contribution in [-0.4, -0.2) is 17.4 Å². The first kappa shape index (κ1) is 10.3. The molecule has 3 nitrogen and oxygen atoms in total. The number of nitrogens with zero attached hydrogens (tertiary/aromatic N) is 1. The van der Waals surface area contributed by atoms with Crippen LogP contribution in [0.3, 0.4) is 0 Å². The third kappa shape index (κ3) is 1.56. The number of hydrogen-bond donors (Lipinski definition) is 1. The summed E-state index contributed by atoms with van der Waals surface area (Å²) in [4.78, 5) is 13.4. The van der Waals surface area contributed by atoms with E-state index in [-0.39, 0.29) is 11.3 Å². The maximum absolute atomic E-state index is 11.5. The zero-order chi connectivity index (χ0) is 11.2. The Bertz CT molecular complexity index is 366. The number of carbonyl (C=O) groups excluding carboxylic acids is 1. The van der Waals surface area contributed by atoms with Gasteiger partial charge >= 0.3 is 0 Å². The minimum absolute atomic E-state index is 0.130. The highest BCUT2D eigenvalue weighted by Crippen LogP contribution is 2.46. The molecule has 2 aliphatic rings. The minimum Gasteiger partial charge on any atom is -0.402 e. The Hall–Kier alpha value is -1.25. The van der Waals surface area contributed by atoms with E-state index >= 15 is 0 Å². The van der Waals surface area contributed by atoms with Gasteiger partial charge in [0.25, 0.3) is 0 Å². The molecule has 1 unspecified atom stereocenters. The van der Waals surface area contributed by atoms with Crippen molar-refractivity contribution in [1.82, 2.24) is 4.90 Å². The van der Waals surface area contributed by atoms with Crippen LogP contribution in [0.15, 0.2) is 23.5 Å². The van der Waals surface area contributed by atoms with E-state index in [2.05, 4.69) is 13.8 Å². The van der Waals surface area contributed by atoms with E-state index in [1.54, 1.807) is 6.92 Å². The largest absolute Gasteiger partial charge is 0.402 e. The van der Waals surface area contributed by atoms with Crippen LogP contribution in [0.5, 0.6) is 0 Å². The van der Waals surface area contributed by atoms with Gasteiger partial charge in [-0.3, -0.25) is 4.79 Å². The smallest absolute Gasteiger partial charge is 0.223 e. The Morgan fingerprint density at radius 3 is 2.80 bits per heavy atom. The Balaban J connectivity index is 2.39. The highest BCUT2D eigenvalue weighted by atomic mass is 16.2. The predicted octanol–water partition coefficient (Wildman–Crippen LogP) is 1.62. The third-order valence-electron chi connectivity index (χ3n) is 3.47. The van der Waals surface area contributed by atoms with Gasteiger partial charge in [0.1, 0.15) is 0 Å². The maximum Gasteiger partial charge on any atom is 0.223 e. The standard InChI is InChI=1S/C12H18N2O/c1-8(15)14-7-12(2,3)10-6-9(13)4-5-11(10)14/h4-5,10H,6-7,13H2,1-3H3. The first-order valence-corrected chi connectivity index (χ1v) is 5.36. The van der Waals surface area contributed by atoms with Gasteiger partial charge in [0, 0.05) is 30.8 Å². The summed E-state index contributed by atoms with van der Waals surface area (Å²) in [6.45, 7) is 6.83. The fourth-order valence-electron chi connectivity index (χ4n) is 2.57. The van der Waals surface area contributed by atoms with Crippen LogP contribution in [0.2, 0.25) is 0 Å². The van der Waals surface area contributed by atoms with Crippen molar-refractivity contribution in [2.75, 3.05) is 6.54 Å². The van der Waals surface area contributed by atoms with E-state index < -0.39 is 0 Å². The van der Waals surface area contributed by atoms with Crippen LogP contribution in [0.25, 0.3) is 0 Å². The van der Waals surface area contributed by atoms with Crippen molar-refractivity contribution in [2.24, 2.45) is 17.1 Å². The van der Waals surface area contributed by atoms with Gasteiger partial charge in [-0.1, -0.05) is 13.8 Å². The lowest BCUT2D eigenvalue weighted by Gasteiger charge is -2.27. The Labute approximate surface area is 90.6 Å². The number of carbonyl (C=O) groups is 1. The molecule has 1 fully saturated rings. The minimum atomic E-state index is 0.130. The molecule has 1 amide bonds. The molecule has 1 saturated heterocycles. The summed E-state index contributed by atoms with van der Waals surface area (Å²) >= 11 is 0. The molecule has 1 atom stereocenters. The van der Waals surface area contributed by atoms with Crippen LogP contribution < -0.4 is 5.73 Å². The van der Waals surface area contributed by atoms with Gasteiger partial charge < -0.3 is 10.6 Å². The molecule has 1 aliphatic heterocycles. The summed E-state index contributed by atoms with van der Waals surface area (Å²) in [5, 5.41) is 0. The summed E-state index contributed by atoms with van der Waals surface area (Å²) in [6, 6.07) is 0. The Morgan fingerprint density at radius 1 is 1.53 bits per heavy atom. The lowest BCUT2D eigenvalue weighted by molar-refractivity contribution is -0.126. The highest BCUT2D eigenvalue weighted by Gasteiger charge is 2.44. The van der Waals surface area contributed by atoms with Gasteiger partial charge in [-0.05, 0) is 24.0 Å². The van der Waals surface area contributed by atoms with Crippen molar-refractivity contribution in [3.05, 3.63) is 23.5 Å². The van der Waals surface area contributed by atoms with Crippen molar-refractivity contribution < 1.29 is 4.79 Å². The van der Waals surface area contributed by atoms with E-state index in [0.717, 1.165) is 24.4 Å². The number of allylic oxidation sites excluding steroid dienone is 4. The molecule has 0 radical (unpaired) electrons. The third-order valence-corrected chi connectivity index (χ3v) is 3.47. The van der Waals surface area contributed by atoms with Crippen LogP contribution >= 0.6 is 0 Å². The Kier molecular flexibility index (Phi) is 2.14. The second-order valence-electron chi connectivity index (χ2n) is 5.18. The molecule has 82 valence electrons. The van der Waals surface area contributed by atoms with Gasteiger partial charge in [-0.15, -0.1) is 0 Å². The van der Waals surface area contributed by atoms with E-state index in [1.165, 1.54) is 0 Å². The average Bonchev–Trinajstić information content (AvgIpc) is 2.39. The summed E-state index contributed by atoms with van der Waals surface area (Å²) in [6.07, 6.45) is 4.80. The van der Waals surface area contributed by atoms with E-state index in [0.29, 0.717) is 5.92 Å². The van der Waals surface area contributed by atoms with Gasteiger partial charge in [0.15, 0.2) is 0 Å². The number of hydrogen-bond acceptors (Lipinski definition) is 2. The lowest BCUT2D eigenvalue weighted by Crippen LogP contribution is -2.27. The normalized spacial score (nSPS) is 28.2. The van der Waals surface area contributed by atoms with E-state index in [1.807, 2.05) is 17.1 Å². The van der Waals surface area contributed by atoms with Crippen molar-refractivity contribution >= 4 is 5.91 Å². The quantitative estimate of drug-likeness (QED) is 0.654. The molecule has 1 aliphatic carbocycles. The molecule has 0 aromatic heterocycles. The molecule has 0 bridgehead atoms. The molecule has 0 spiro atoms.